The van der Waals surface area contributed by atoms with Crippen molar-refractivity contribution in [2.75, 3.05) is 20.2 Å². The van der Waals surface area contributed by atoms with E-state index in [9.17, 15) is 14.4 Å². The number of nitrogens with zero attached hydrogens (tertiary/aromatic N) is 1. The highest BCUT2D eigenvalue weighted by Gasteiger charge is 2.22. The highest BCUT2D eigenvalue weighted by atomic mass is 16.3. The Morgan fingerprint density at radius 2 is 1.91 bits per heavy atom. The van der Waals surface area contributed by atoms with Crippen LogP contribution in [0.3, 0.4) is 0 Å². The summed E-state index contributed by atoms with van der Waals surface area (Å²) in [6.07, 6.45) is 8.36. The molecular formula is C25H42N4O4. The number of hydrogen-bond donors (Lipinski definition) is 4. The molecule has 1 aliphatic carbocycles. The lowest BCUT2D eigenvalue weighted by atomic mass is 10.1. The summed E-state index contributed by atoms with van der Waals surface area (Å²) >= 11 is 0. The number of nitrogens with one attached hydrogen (secondary N) is 2. The topological polar surface area (TPSA) is 125 Å². The maximum Gasteiger partial charge on any atom is 0.236 e. The predicted octanol–water partition coefficient (Wildman–Crippen LogP) is 1.73. The first kappa shape index (κ1) is 28.7. The number of carbonyl (C=O) groups excluding carboxylic acids is 3. The molecule has 1 heterocycles. The van der Waals surface area contributed by atoms with E-state index in [0.717, 1.165) is 25.5 Å². The first-order valence-corrected chi connectivity index (χ1v) is 12.0. The number of amides is 2. The van der Waals surface area contributed by atoms with Gasteiger partial charge in [-0.2, -0.15) is 0 Å². The Morgan fingerprint density at radius 3 is 2.36 bits per heavy atom. The Labute approximate surface area is 198 Å². The fraction of sp³-hybridized carbons (Fsp3) is 0.640. The standard InChI is InChI=1S/C11H20N2O3.C9H10.C5H12N2O/c1-9(7-14)4-5-11(16)13-6-2-3-10(8-15)12-13;1-2-5-9-7-3-6-8(9)4-1;1-3-4(7-2)5(6)8/h7,9-10,12,15H,2-6,8H2,1H3;1-2,4-5H,3,6-7H2;4,7H,3H2,1-2H3,(H2,6,8)/t9?,10-;;/m0../s1. The summed E-state index contributed by atoms with van der Waals surface area (Å²) < 4.78 is 0. The molecule has 0 radical (unpaired) electrons. The second-order valence-electron chi connectivity index (χ2n) is 8.62. The molecule has 0 spiro atoms. The van der Waals surface area contributed by atoms with Crippen LogP contribution in [0.25, 0.3) is 0 Å². The molecule has 0 bridgehead atoms. The van der Waals surface area contributed by atoms with E-state index in [1.807, 2.05) is 6.92 Å². The van der Waals surface area contributed by atoms with Crippen molar-refractivity contribution in [1.29, 1.82) is 0 Å². The Bertz CT molecular complexity index is 701. The van der Waals surface area contributed by atoms with E-state index in [1.54, 1.807) is 30.1 Å². The number of rotatable bonds is 8. The lowest BCUT2D eigenvalue weighted by molar-refractivity contribution is -0.137. The average molecular weight is 463 g/mol. The molecule has 33 heavy (non-hydrogen) atoms. The van der Waals surface area contributed by atoms with Crippen molar-refractivity contribution in [2.24, 2.45) is 11.7 Å². The minimum absolute atomic E-state index is 0.00634. The van der Waals surface area contributed by atoms with E-state index in [2.05, 4.69) is 35.0 Å². The average Bonchev–Trinajstić information content (AvgIpc) is 3.32. The third-order valence-corrected chi connectivity index (χ3v) is 5.95. The van der Waals surface area contributed by atoms with Gasteiger partial charge in [-0.1, -0.05) is 38.1 Å². The smallest absolute Gasteiger partial charge is 0.236 e. The number of hydrogen-bond acceptors (Lipinski definition) is 6. The Morgan fingerprint density at radius 1 is 1.27 bits per heavy atom. The highest BCUT2D eigenvalue weighted by Crippen LogP contribution is 2.20. The summed E-state index contributed by atoms with van der Waals surface area (Å²) in [7, 11) is 1.72. The van der Waals surface area contributed by atoms with Gasteiger partial charge in [0.1, 0.15) is 6.29 Å². The number of aliphatic hydroxyl groups excluding tert-OH is 1. The molecule has 5 N–H and O–H groups in total. The Kier molecular flexibility index (Phi) is 14.2. The van der Waals surface area contributed by atoms with Gasteiger partial charge in [-0.3, -0.25) is 14.6 Å². The number of fused-ring (bicyclic) bond motifs is 1. The molecule has 0 aromatic heterocycles. The number of carbonyl (C=O) groups is 3. The van der Waals surface area contributed by atoms with Crippen molar-refractivity contribution in [3.05, 3.63) is 35.4 Å². The van der Waals surface area contributed by atoms with Gasteiger partial charge in [-0.15, -0.1) is 0 Å². The lowest BCUT2D eigenvalue weighted by Gasteiger charge is -2.33. The van der Waals surface area contributed by atoms with Gasteiger partial charge in [-0.25, -0.2) is 5.43 Å². The van der Waals surface area contributed by atoms with Crippen molar-refractivity contribution in [2.45, 2.75) is 77.3 Å². The number of aldehydes is 1. The molecule has 3 rings (SSSR count). The summed E-state index contributed by atoms with van der Waals surface area (Å²) in [6, 6.07) is 8.56. The number of likely N-dealkylation sites (N-methyl/N-ethyl adjacent to an activating group) is 1. The fourth-order valence-corrected chi connectivity index (χ4v) is 3.79. The molecule has 1 fully saturated rings. The van der Waals surface area contributed by atoms with Crippen LogP contribution in [0.15, 0.2) is 24.3 Å². The van der Waals surface area contributed by atoms with Gasteiger partial charge < -0.3 is 21.0 Å². The SMILES string of the molecule is CC(C=O)CCC(=O)N1CCC[C@@H](CO)N1.CCC(NC)C(N)=O.c1ccc2c(c1)CCC2. The van der Waals surface area contributed by atoms with Crippen molar-refractivity contribution in [3.63, 3.8) is 0 Å². The minimum Gasteiger partial charge on any atom is -0.395 e. The summed E-state index contributed by atoms with van der Waals surface area (Å²) in [5, 5.41) is 13.3. The Balaban J connectivity index is 0.000000270. The maximum atomic E-state index is 11.7. The van der Waals surface area contributed by atoms with Gasteiger partial charge >= 0.3 is 0 Å². The van der Waals surface area contributed by atoms with Gasteiger partial charge in [0.25, 0.3) is 0 Å². The molecule has 8 nitrogen and oxygen atoms in total. The van der Waals surface area contributed by atoms with Crippen LogP contribution < -0.4 is 16.5 Å². The van der Waals surface area contributed by atoms with Gasteiger partial charge in [0.05, 0.1) is 12.6 Å². The van der Waals surface area contributed by atoms with Crippen LogP contribution in [-0.2, 0) is 27.2 Å². The Hall–Kier alpha value is -2.29. The zero-order valence-electron chi connectivity index (χ0n) is 20.4. The van der Waals surface area contributed by atoms with Crippen LogP contribution in [0.1, 0.15) is 63.5 Å². The molecular weight excluding hydrogens is 420 g/mol. The molecule has 1 aliphatic heterocycles. The van der Waals surface area contributed by atoms with Crippen LogP contribution in [0.4, 0.5) is 0 Å². The van der Waals surface area contributed by atoms with Crippen LogP contribution >= 0.6 is 0 Å². The van der Waals surface area contributed by atoms with E-state index in [1.165, 1.54) is 19.3 Å². The van der Waals surface area contributed by atoms with Gasteiger partial charge in [0.15, 0.2) is 0 Å². The second-order valence-corrected chi connectivity index (χ2v) is 8.62. The quantitative estimate of drug-likeness (QED) is 0.436. The molecule has 2 amide bonds. The maximum absolute atomic E-state index is 11.7. The zero-order valence-corrected chi connectivity index (χ0v) is 20.4. The predicted molar refractivity (Wildman–Crippen MR) is 130 cm³/mol. The number of nitrogens with two attached hydrogens (primary N) is 1. The van der Waals surface area contributed by atoms with E-state index in [0.29, 0.717) is 19.4 Å². The summed E-state index contributed by atoms with van der Waals surface area (Å²) in [5.41, 5.74) is 11.1. The van der Waals surface area contributed by atoms with Crippen molar-refractivity contribution in [1.82, 2.24) is 15.8 Å². The van der Waals surface area contributed by atoms with E-state index >= 15 is 0 Å². The lowest BCUT2D eigenvalue weighted by Crippen LogP contribution is -2.53. The van der Waals surface area contributed by atoms with E-state index in [-0.39, 0.29) is 36.4 Å². The third kappa shape index (κ3) is 10.9. The van der Waals surface area contributed by atoms with Gasteiger partial charge in [0.2, 0.25) is 11.8 Å². The molecule has 2 aliphatic rings. The van der Waals surface area contributed by atoms with Crippen LogP contribution in [0, 0.1) is 5.92 Å². The first-order chi connectivity index (χ1) is 15.9. The highest BCUT2D eigenvalue weighted by molar-refractivity contribution is 5.79. The van der Waals surface area contributed by atoms with Gasteiger partial charge in [-0.05, 0) is 63.1 Å². The summed E-state index contributed by atoms with van der Waals surface area (Å²) in [5.74, 6) is -0.343. The van der Waals surface area contributed by atoms with E-state index in [4.69, 9.17) is 10.8 Å². The molecule has 2 unspecified atom stereocenters. The molecule has 8 heteroatoms. The molecule has 1 aromatic rings. The molecule has 3 atom stereocenters. The number of primary amides is 1. The van der Waals surface area contributed by atoms with Crippen molar-refractivity contribution < 1.29 is 19.5 Å². The molecule has 1 saturated heterocycles. The van der Waals surface area contributed by atoms with Crippen LogP contribution in [0.5, 0.6) is 0 Å². The van der Waals surface area contributed by atoms with Crippen molar-refractivity contribution in [3.8, 4) is 0 Å². The minimum atomic E-state index is -0.282. The first-order valence-electron chi connectivity index (χ1n) is 12.0. The fourth-order valence-electron chi connectivity index (χ4n) is 3.79. The third-order valence-electron chi connectivity index (χ3n) is 5.95. The largest absolute Gasteiger partial charge is 0.395 e. The number of hydrazine groups is 1. The zero-order chi connectivity index (χ0) is 24.6. The summed E-state index contributed by atoms with van der Waals surface area (Å²) in [6.45, 7) is 4.45. The number of aryl methyl sites for hydroxylation is 2. The normalized spacial score (nSPS) is 18.5. The molecule has 1 aromatic carbocycles. The molecule has 186 valence electrons. The molecule has 0 saturated carbocycles. The van der Waals surface area contributed by atoms with Crippen LogP contribution in [0.2, 0.25) is 0 Å². The number of aliphatic hydroxyl groups is 1. The van der Waals surface area contributed by atoms with E-state index < -0.39 is 0 Å². The monoisotopic (exact) mass is 462 g/mol. The second kappa shape index (κ2) is 16.3. The van der Waals surface area contributed by atoms with Crippen molar-refractivity contribution >= 4 is 18.1 Å². The van der Waals surface area contributed by atoms with Gasteiger partial charge in [0, 0.05) is 24.9 Å². The summed E-state index contributed by atoms with van der Waals surface area (Å²) in [4.78, 5) is 32.5. The number of benzene rings is 1. The van der Waals surface area contributed by atoms with Crippen LogP contribution in [-0.4, -0.2) is 60.5 Å².